The molecule has 0 aliphatic rings. The summed E-state index contributed by atoms with van der Waals surface area (Å²) in [6, 6.07) is 0. The number of likely N-dealkylation sites (N-methyl/N-ethyl adjacent to an activating group) is 2. The van der Waals surface area contributed by atoms with Gasteiger partial charge in [0.25, 0.3) is 0 Å². The van der Waals surface area contributed by atoms with Gasteiger partial charge in [0.15, 0.2) is 0 Å². The maximum atomic E-state index is 8.52. The maximum Gasteiger partial charge on any atom is 0.128 e. The van der Waals surface area contributed by atoms with Gasteiger partial charge in [0.1, 0.15) is 13.1 Å². The van der Waals surface area contributed by atoms with Crippen LogP contribution in [-0.4, -0.2) is 81.9 Å². The summed E-state index contributed by atoms with van der Waals surface area (Å²) in [5.41, 5.74) is 0. The first kappa shape index (κ1) is 17.2. The van der Waals surface area contributed by atoms with Crippen LogP contribution in [-0.2, 0) is 10.4 Å². The third-order valence-electron chi connectivity index (χ3n) is 1.44. The molecular formula is C8H22N2O4S. The van der Waals surface area contributed by atoms with Gasteiger partial charge in [-0.1, -0.05) is 0 Å². The smallest absolute Gasteiger partial charge is 0.128 e. The predicted molar refractivity (Wildman–Crippen MR) is 56.3 cm³/mol. The summed E-state index contributed by atoms with van der Waals surface area (Å²) in [5, 5.41) is 0. The third-order valence-corrected chi connectivity index (χ3v) is 1.44. The second-order valence-electron chi connectivity index (χ2n) is 5.44. The van der Waals surface area contributed by atoms with Gasteiger partial charge in [0.2, 0.25) is 0 Å². The Labute approximate surface area is 92.9 Å². The highest BCUT2D eigenvalue weighted by molar-refractivity contribution is 7.79. The normalized spacial score (nSPS) is 13.1. The van der Waals surface area contributed by atoms with Crippen molar-refractivity contribution in [2.75, 3.05) is 55.4 Å². The molecule has 0 radical (unpaired) electrons. The summed E-state index contributed by atoms with van der Waals surface area (Å²) in [7, 11) is 8.22. The highest BCUT2D eigenvalue weighted by Gasteiger charge is 2.13. The van der Waals surface area contributed by atoms with Crippen LogP contribution >= 0.6 is 0 Å². The second-order valence-corrected chi connectivity index (χ2v) is 6.25. The van der Waals surface area contributed by atoms with Gasteiger partial charge in [0.05, 0.1) is 42.3 Å². The number of quaternary nitrogens is 2. The first-order valence-corrected chi connectivity index (χ1v) is 5.82. The fourth-order valence-corrected chi connectivity index (χ4v) is 0.600. The molecule has 0 saturated carbocycles. The molecule has 0 atom stereocenters. The van der Waals surface area contributed by atoms with E-state index in [9.17, 15) is 0 Å². The third kappa shape index (κ3) is 41.6. The summed E-state index contributed by atoms with van der Waals surface area (Å²) in [6.07, 6.45) is 0. The van der Waals surface area contributed by atoms with E-state index in [4.69, 9.17) is 17.5 Å². The van der Waals surface area contributed by atoms with E-state index >= 15 is 0 Å². The Bertz CT molecular complexity index is 239. The molecule has 0 heterocycles. The molecule has 0 rings (SSSR count). The zero-order chi connectivity index (χ0) is 12.9. The lowest BCUT2D eigenvalue weighted by atomic mass is 10.4. The molecule has 6 nitrogen and oxygen atoms in total. The van der Waals surface area contributed by atoms with Crippen molar-refractivity contribution < 1.29 is 26.5 Å². The fraction of sp³-hybridized carbons (Fsp3) is 1.00. The van der Waals surface area contributed by atoms with E-state index in [2.05, 4.69) is 42.3 Å². The largest absolute Gasteiger partial charge is 0.759 e. The van der Waals surface area contributed by atoms with E-state index < -0.39 is 10.4 Å². The van der Waals surface area contributed by atoms with Crippen LogP contribution in [0.15, 0.2) is 0 Å². The molecule has 0 fully saturated rings. The molecule has 0 aromatic carbocycles. The average Bonchev–Trinajstić information content (AvgIpc) is 1.76. The summed E-state index contributed by atoms with van der Waals surface area (Å²) < 4.78 is 36.2. The SMILES string of the molecule is C[N+](C)(C)CC[N+](C)(C)C.O=S(=O)([O-])[O-]. The Kier molecular flexibility index (Phi) is 6.60. The van der Waals surface area contributed by atoms with Crippen LogP contribution < -0.4 is 0 Å². The molecular weight excluding hydrogens is 220 g/mol. The van der Waals surface area contributed by atoms with Gasteiger partial charge in [-0.25, -0.2) is 0 Å². The Morgan fingerprint density at radius 1 is 0.800 bits per heavy atom. The topological polar surface area (TPSA) is 80.3 Å². The van der Waals surface area contributed by atoms with Gasteiger partial charge in [-0.3, -0.25) is 8.42 Å². The van der Waals surface area contributed by atoms with Crippen LogP contribution in [0.25, 0.3) is 0 Å². The van der Waals surface area contributed by atoms with Crippen molar-refractivity contribution in [3.63, 3.8) is 0 Å². The predicted octanol–water partition coefficient (Wildman–Crippen LogP) is -0.939. The molecule has 0 aromatic heterocycles. The van der Waals surface area contributed by atoms with Crippen molar-refractivity contribution in [3.8, 4) is 0 Å². The molecule has 94 valence electrons. The molecule has 0 bridgehead atoms. The number of rotatable bonds is 3. The Hall–Kier alpha value is -0.210. The molecule has 0 N–H and O–H groups in total. The van der Waals surface area contributed by atoms with E-state index in [-0.39, 0.29) is 0 Å². The number of hydrogen-bond acceptors (Lipinski definition) is 4. The summed E-state index contributed by atoms with van der Waals surface area (Å²) in [6.45, 7) is 2.48. The molecule has 15 heavy (non-hydrogen) atoms. The fourth-order valence-electron chi connectivity index (χ4n) is 0.600. The molecule has 0 amide bonds. The van der Waals surface area contributed by atoms with Crippen LogP contribution in [0.3, 0.4) is 0 Å². The molecule has 0 saturated heterocycles. The minimum absolute atomic E-state index is 1.06. The van der Waals surface area contributed by atoms with Gasteiger partial charge < -0.3 is 18.1 Å². The van der Waals surface area contributed by atoms with Crippen LogP contribution in [0.1, 0.15) is 0 Å². The first-order valence-electron chi connectivity index (χ1n) is 4.48. The molecule has 0 aromatic rings. The minimum Gasteiger partial charge on any atom is -0.759 e. The van der Waals surface area contributed by atoms with Crippen molar-refractivity contribution in [1.29, 1.82) is 0 Å². The average molecular weight is 242 g/mol. The Balaban J connectivity index is 0. The number of nitrogens with zero attached hydrogens (tertiary/aromatic N) is 2. The number of hydrogen-bond donors (Lipinski definition) is 0. The standard InChI is InChI=1S/C8H22N2.H2O4S/c1-9(2,3)7-8-10(4,5)6;1-5(2,3)4/h7-8H2,1-6H3;(H2,1,2,3,4)/q+2;/p-2. The van der Waals surface area contributed by atoms with Gasteiger partial charge in [-0.05, 0) is 0 Å². The van der Waals surface area contributed by atoms with E-state index in [1.165, 1.54) is 13.1 Å². The van der Waals surface area contributed by atoms with Crippen molar-refractivity contribution >= 4 is 10.4 Å². The van der Waals surface area contributed by atoms with E-state index in [1.54, 1.807) is 0 Å². The van der Waals surface area contributed by atoms with Crippen molar-refractivity contribution in [3.05, 3.63) is 0 Å². The van der Waals surface area contributed by atoms with Gasteiger partial charge >= 0.3 is 0 Å². The Morgan fingerprint density at radius 3 is 1.00 bits per heavy atom. The Morgan fingerprint density at radius 2 is 0.933 bits per heavy atom. The van der Waals surface area contributed by atoms with Crippen molar-refractivity contribution in [1.82, 2.24) is 0 Å². The van der Waals surface area contributed by atoms with Crippen LogP contribution in [0.5, 0.6) is 0 Å². The van der Waals surface area contributed by atoms with Crippen LogP contribution in [0, 0.1) is 0 Å². The quantitative estimate of drug-likeness (QED) is 0.363. The maximum absolute atomic E-state index is 8.52. The molecule has 0 spiro atoms. The lowest BCUT2D eigenvalue weighted by Crippen LogP contribution is -2.46. The molecule has 0 aliphatic heterocycles. The van der Waals surface area contributed by atoms with Crippen molar-refractivity contribution in [2.24, 2.45) is 0 Å². The zero-order valence-corrected chi connectivity index (χ0v) is 11.2. The van der Waals surface area contributed by atoms with Crippen LogP contribution in [0.4, 0.5) is 0 Å². The lowest BCUT2D eigenvalue weighted by Gasteiger charge is -2.30. The van der Waals surface area contributed by atoms with Crippen molar-refractivity contribution in [2.45, 2.75) is 0 Å². The van der Waals surface area contributed by atoms with Gasteiger partial charge in [0, 0.05) is 10.4 Å². The van der Waals surface area contributed by atoms with E-state index in [0.29, 0.717) is 0 Å². The molecule has 0 unspecified atom stereocenters. The highest BCUT2D eigenvalue weighted by atomic mass is 32.3. The summed E-state index contributed by atoms with van der Waals surface area (Å²) in [5.74, 6) is 0. The van der Waals surface area contributed by atoms with Crippen LogP contribution in [0.2, 0.25) is 0 Å². The highest BCUT2D eigenvalue weighted by Crippen LogP contribution is 1.94. The summed E-state index contributed by atoms with van der Waals surface area (Å²) in [4.78, 5) is 0. The zero-order valence-electron chi connectivity index (χ0n) is 10.3. The van der Waals surface area contributed by atoms with E-state index in [1.807, 2.05) is 0 Å². The van der Waals surface area contributed by atoms with Gasteiger partial charge in [-0.15, -0.1) is 0 Å². The molecule has 7 heteroatoms. The summed E-state index contributed by atoms with van der Waals surface area (Å²) >= 11 is 0. The lowest BCUT2D eigenvalue weighted by molar-refractivity contribution is -0.927. The molecule has 0 aliphatic carbocycles. The second kappa shape index (κ2) is 5.76. The van der Waals surface area contributed by atoms with E-state index in [0.717, 1.165) is 8.97 Å². The minimum atomic E-state index is -5.17. The monoisotopic (exact) mass is 242 g/mol. The first-order chi connectivity index (χ1) is 6.21. The van der Waals surface area contributed by atoms with Gasteiger partial charge in [-0.2, -0.15) is 0 Å².